The van der Waals surface area contributed by atoms with Crippen molar-refractivity contribution in [2.75, 3.05) is 6.54 Å². The number of aromatic nitrogens is 1. The van der Waals surface area contributed by atoms with Crippen molar-refractivity contribution in [1.29, 1.82) is 0 Å². The first-order valence-corrected chi connectivity index (χ1v) is 3.71. The average molecular weight is 169 g/mol. The zero-order valence-corrected chi connectivity index (χ0v) is 6.83. The summed E-state index contributed by atoms with van der Waals surface area (Å²) < 4.78 is 4.72. The molecule has 2 amide bonds. The average Bonchev–Trinajstić information content (AvgIpc) is 2.53. The van der Waals surface area contributed by atoms with Crippen LogP contribution in [-0.2, 0) is 6.54 Å². The second-order valence-electron chi connectivity index (χ2n) is 2.19. The zero-order valence-electron chi connectivity index (χ0n) is 6.83. The van der Waals surface area contributed by atoms with Gasteiger partial charge in [0, 0.05) is 6.54 Å². The molecule has 0 aliphatic rings. The number of nitrogens with zero attached hydrogens (tertiary/aromatic N) is 1. The summed E-state index contributed by atoms with van der Waals surface area (Å²) in [6.07, 6.45) is 2.82. The molecule has 5 heteroatoms. The van der Waals surface area contributed by atoms with Gasteiger partial charge in [-0.1, -0.05) is 0 Å². The molecule has 0 bridgehead atoms. The number of nitrogens with one attached hydrogen (secondary N) is 2. The van der Waals surface area contributed by atoms with Gasteiger partial charge in [-0.3, -0.25) is 0 Å². The van der Waals surface area contributed by atoms with Gasteiger partial charge in [0.2, 0.25) is 0 Å². The highest BCUT2D eigenvalue weighted by Gasteiger charge is 1.99. The minimum Gasteiger partial charge on any atom is -0.451 e. The molecule has 66 valence electrons. The van der Waals surface area contributed by atoms with Crippen molar-refractivity contribution < 1.29 is 9.21 Å². The largest absolute Gasteiger partial charge is 0.451 e. The lowest BCUT2D eigenvalue weighted by atomic mass is 10.5. The number of carbonyl (C=O) groups excluding carboxylic acids is 1. The Morgan fingerprint density at radius 3 is 3.08 bits per heavy atom. The Morgan fingerprint density at radius 1 is 1.67 bits per heavy atom. The van der Waals surface area contributed by atoms with Gasteiger partial charge in [0.15, 0.2) is 6.39 Å². The number of rotatable bonds is 3. The van der Waals surface area contributed by atoms with Crippen LogP contribution in [0.2, 0.25) is 0 Å². The summed E-state index contributed by atoms with van der Waals surface area (Å²) in [5.41, 5.74) is 0.709. The van der Waals surface area contributed by atoms with Gasteiger partial charge < -0.3 is 15.1 Å². The van der Waals surface area contributed by atoms with Crippen molar-refractivity contribution in [3.05, 3.63) is 18.4 Å². The Labute approximate surface area is 70.2 Å². The second-order valence-corrected chi connectivity index (χ2v) is 2.19. The van der Waals surface area contributed by atoms with E-state index in [1.807, 2.05) is 6.92 Å². The van der Waals surface area contributed by atoms with Crippen LogP contribution in [-0.4, -0.2) is 17.6 Å². The number of carbonyl (C=O) groups is 1. The Balaban J connectivity index is 2.22. The van der Waals surface area contributed by atoms with Crippen LogP contribution in [0.25, 0.3) is 0 Å². The van der Waals surface area contributed by atoms with Crippen LogP contribution in [0.15, 0.2) is 17.1 Å². The molecule has 0 saturated heterocycles. The second kappa shape index (κ2) is 4.38. The highest BCUT2D eigenvalue weighted by Crippen LogP contribution is 1.91. The fourth-order valence-corrected chi connectivity index (χ4v) is 0.719. The molecular weight excluding hydrogens is 158 g/mol. The normalized spacial score (nSPS) is 9.42. The summed E-state index contributed by atoms with van der Waals surface area (Å²) in [6, 6.07) is -0.194. The van der Waals surface area contributed by atoms with Crippen molar-refractivity contribution in [3.63, 3.8) is 0 Å². The Hall–Kier alpha value is -1.52. The number of hydrogen-bond acceptors (Lipinski definition) is 3. The highest BCUT2D eigenvalue weighted by atomic mass is 16.3. The van der Waals surface area contributed by atoms with Crippen molar-refractivity contribution in [2.24, 2.45) is 0 Å². The summed E-state index contributed by atoms with van der Waals surface area (Å²) in [6.45, 7) is 2.86. The van der Waals surface area contributed by atoms with Gasteiger partial charge in [0.1, 0.15) is 6.26 Å². The predicted molar refractivity (Wildman–Crippen MR) is 42.4 cm³/mol. The van der Waals surface area contributed by atoms with Crippen LogP contribution < -0.4 is 10.6 Å². The molecule has 0 atom stereocenters. The molecule has 0 aromatic carbocycles. The third-order valence-corrected chi connectivity index (χ3v) is 1.25. The van der Waals surface area contributed by atoms with Crippen LogP contribution in [0.5, 0.6) is 0 Å². The van der Waals surface area contributed by atoms with Crippen LogP contribution in [0.4, 0.5) is 4.79 Å². The quantitative estimate of drug-likeness (QED) is 0.692. The number of hydrogen-bond donors (Lipinski definition) is 2. The summed E-state index contributed by atoms with van der Waals surface area (Å²) in [7, 11) is 0. The monoisotopic (exact) mass is 169 g/mol. The minimum atomic E-state index is -0.194. The van der Waals surface area contributed by atoms with E-state index in [0.717, 1.165) is 0 Å². The van der Waals surface area contributed by atoms with E-state index in [-0.39, 0.29) is 6.03 Å². The molecule has 0 unspecified atom stereocenters. The topological polar surface area (TPSA) is 67.2 Å². The molecule has 5 nitrogen and oxygen atoms in total. The predicted octanol–water partition coefficient (Wildman–Crippen LogP) is 0.494. The van der Waals surface area contributed by atoms with E-state index in [1.165, 1.54) is 12.7 Å². The van der Waals surface area contributed by atoms with Gasteiger partial charge in [-0.05, 0) is 6.92 Å². The third kappa shape index (κ3) is 2.61. The van der Waals surface area contributed by atoms with E-state index in [1.54, 1.807) is 0 Å². The van der Waals surface area contributed by atoms with Crippen molar-refractivity contribution in [1.82, 2.24) is 15.6 Å². The molecule has 1 aromatic heterocycles. The van der Waals surface area contributed by atoms with Gasteiger partial charge >= 0.3 is 6.03 Å². The third-order valence-electron chi connectivity index (χ3n) is 1.25. The van der Waals surface area contributed by atoms with Gasteiger partial charge in [-0.2, -0.15) is 0 Å². The maximum Gasteiger partial charge on any atom is 0.315 e. The molecule has 1 heterocycles. The first-order valence-electron chi connectivity index (χ1n) is 3.71. The van der Waals surface area contributed by atoms with Crippen molar-refractivity contribution in [3.8, 4) is 0 Å². The highest BCUT2D eigenvalue weighted by molar-refractivity contribution is 5.73. The first kappa shape index (κ1) is 8.58. The molecule has 2 N–H and O–H groups in total. The zero-order chi connectivity index (χ0) is 8.81. The Kier molecular flexibility index (Phi) is 3.13. The SMILES string of the molecule is CCNC(=O)NCc1cocn1. The lowest BCUT2D eigenvalue weighted by molar-refractivity contribution is 0.241. The fourth-order valence-electron chi connectivity index (χ4n) is 0.719. The minimum absolute atomic E-state index is 0.194. The first-order chi connectivity index (χ1) is 5.83. The van der Waals surface area contributed by atoms with Crippen molar-refractivity contribution >= 4 is 6.03 Å². The fraction of sp³-hybridized carbons (Fsp3) is 0.429. The molecule has 1 rings (SSSR count). The standard InChI is InChI=1S/C7H11N3O2/c1-2-8-7(11)9-3-6-4-12-5-10-6/h4-5H,2-3H2,1H3,(H2,8,9,11). The molecule has 0 saturated carbocycles. The van der Waals surface area contributed by atoms with E-state index in [0.29, 0.717) is 18.8 Å². The molecule has 0 radical (unpaired) electrons. The van der Waals surface area contributed by atoms with Crippen LogP contribution in [0.3, 0.4) is 0 Å². The summed E-state index contributed by atoms with van der Waals surface area (Å²) in [5, 5.41) is 5.21. The Bertz CT molecular complexity index is 233. The maximum atomic E-state index is 10.9. The number of amides is 2. The van der Waals surface area contributed by atoms with E-state index >= 15 is 0 Å². The summed E-state index contributed by atoms with van der Waals surface area (Å²) in [5.74, 6) is 0. The van der Waals surface area contributed by atoms with Crippen LogP contribution in [0, 0.1) is 0 Å². The summed E-state index contributed by atoms with van der Waals surface area (Å²) in [4.78, 5) is 14.7. The van der Waals surface area contributed by atoms with Crippen molar-refractivity contribution in [2.45, 2.75) is 13.5 Å². The molecular formula is C7H11N3O2. The van der Waals surface area contributed by atoms with Gasteiger partial charge in [0.25, 0.3) is 0 Å². The van der Waals surface area contributed by atoms with E-state index in [4.69, 9.17) is 4.42 Å². The van der Waals surface area contributed by atoms with Gasteiger partial charge in [-0.15, -0.1) is 0 Å². The lowest BCUT2D eigenvalue weighted by Crippen LogP contribution is -2.34. The van der Waals surface area contributed by atoms with Crippen LogP contribution >= 0.6 is 0 Å². The van der Waals surface area contributed by atoms with Crippen LogP contribution in [0.1, 0.15) is 12.6 Å². The van der Waals surface area contributed by atoms with E-state index in [2.05, 4.69) is 15.6 Å². The summed E-state index contributed by atoms with van der Waals surface area (Å²) >= 11 is 0. The van der Waals surface area contributed by atoms with Gasteiger partial charge in [0.05, 0.1) is 12.2 Å². The molecule has 12 heavy (non-hydrogen) atoms. The van der Waals surface area contributed by atoms with E-state index < -0.39 is 0 Å². The lowest BCUT2D eigenvalue weighted by Gasteiger charge is -2.02. The molecule has 1 aromatic rings. The number of urea groups is 1. The Morgan fingerprint density at radius 2 is 2.50 bits per heavy atom. The maximum absolute atomic E-state index is 10.9. The smallest absolute Gasteiger partial charge is 0.315 e. The molecule has 0 aliphatic carbocycles. The molecule has 0 spiro atoms. The van der Waals surface area contributed by atoms with Gasteiger partial charge in [-0.25, -0.2) is 9.78 Å². The number of oxazole rings is 1. The molecule has 0 aliphatic heterocycles. The molecule has 0 fully saturated rings. The van der Waals surface area contributed by atoms with E-state index in [9.17, 15) is 4.79 Å².